The zero-order valence-corrected chi connectivity index (χ0v) is 17.7. The second-order valence-electron chi connectivity index (χ2n) is 7.02. The Balaban J connectivity index is 2.06. The van der Waals surface area contributed by atoms with E-state index in [0.717, 1.165) is 38.8 Å². The third-order valence-corrected chi connectivity index (χ3v) is 4.55. The molecule has 156 valence electrons. The summed E-state index contributed by atoms with van der Waals surface area (Å²) in [6, 6.07) is 14.3. The first kappa shape index (κ1) is 22.5. The van der Waals surface area contributed by atoms with Gasteiger partial charge in [-0.3, -0.25) is 9.59 Å². The number of rotatable bonds is 11. The number of carbonyl (C=O) groups is 2. The maximum atomic E-state index is 12.7. The van der Waals surface area contributed by atoms with E-state index in [-0.39, 0.29) is 11.8 Å². The number of benzene rings is 2. The largest absolute Gasteiger partial charge is 0.493 e. The van der Waals surface area contributed by atoms with Crippen LogP contribution in [0.4, 0.5) is 5.69 Å². The zero-order valence-electron chi connectivity index (χ0n) is 17.7. The van der Waals surface area contributed by atoms with Gasteiger partial charge in [-0.05, 0) is 55.7 Å². The van der Waals surface area contributed by atoms with Crippen molar-refractivity contribution in [3.05, 3.63) is 59.7 Å². The maximum Gasteiger partial charge on any atom is 0.259 e. The topological polar surface area (TPSA) is 58.6 Å². The van der Waals surface area contributed by atoms with Gasteiger partial charge in [0, 0.05) is 24.3 Å². The van der Waals surface area contributed by atoms with Crippen molar-refractivity contribution in [3.63, 3.8) is 0 Å². The molecule has 0 saturated heterocycles. The van der Waals surface area contributed by atoms with E-state index in [1.807, 2.05) is 23.1 Å². The van der Waals surface area contributed by atoms with Gasteiger partial charge in [0.05, 0.1) is 12.2 Å². The van der Waals surface area contributed by atoms with Crippen LogP contribution in [0, 0.1) is 0 Å². The van der Waals surface area contributed by atoms with Crippen LogP contribution in [-0.4, -0.2) is 36.4 Å². The first-order valence-electron chi connectivity index (χ1n) is 10.5. The van der Waals surface area contributed by atoms with Crippen LogP contribution in [-0.2, 0) is 0 Å². The highest BCUT2D eigenvalue weighted by atomic mass is 16.5. The van der Waals surface area contributed by atoms with Crippen LogP contribution >= 0.6 is 0 Å². The van der Waals surface area contributed by atoms with Gasteiger partial charge in [-0.1, -0.05) is 39.3 Å². The van der Waals surface area contributed by atoms with Crippen molar-refractivity contribution >= 4 is 17.5 Å². The fourth-order valence-electron chi connectivity index (χ4n) is 3.04. The average Bonchev–Trinajstić information content (AvgIpc) is 2.74. The lowest BCUT2D eigenvalue weighted by Gasteiger charge is -2.21. The lowest BCUT2D eigenvalue weighted by atomic mass is 10.1. The molecule has 0 aliphatic carbocycles. The third-order valence-electron chi connectivity index (χ3n) is 4.55. The molecule has 2 aromatic carbocycles. The normalized spacial score (nSPS) is 10.4. The summed E-state index contributed by atoms with van der Waals surface area (Å²) < 4.78 is 5.75. The first-order valence-corrected chi connectivity index (χ1v) is 10.5. The summed E-state index contributed by atoms with van der Waals surface area (Å²) in [6.45, 7) is 8.32. The summed E-state index contributed by atoms with van der Waals surface area (Å²) in [7, 11) is 0. The summed E-state index contributed by atoms with van der Waals surface area (Å²) in [5, 5.41) is 2.89. The Bertz CT molecular complexity index is 781. The molecule has 0 radical (unpaired) electrons. The average molecular weight is 397 g/mol. The van der Waals surface area contributed by atoms with Gasteiger partial charge in [0.2, 0.25) is 0 Å². The Morgan fingerprint density at radius 1 is 0.897 bits per heavy atom. The van der Waals surface area contributed by atoms with Crippen LogP contribution in [0.3, 0.4) is 0 Å². The standard InChI is InChI=1S/C24H32N2O3/c1-4-7-18-29-22-11-9-8-10-21(22)23(27)25-20-14-12-19(13-15-20)24(28)26(16-5-2)17-6-3/h8-15H,4-7,16-18H2,1-3H3,(H,25,27). The van der Waals surface area contributed by atoms with E-state index < -0.39 is 0 Å². The molecule has 0 aromatic heterocycles. The van der Waals surface area contributed by atoms with Crippen molar-refractivity contribution in [2.24, 2.45) is 0 Å². The quantitative estimate of drug-likeness (QED) is 0.519. The number of para-hydroxylation sites is 1. The predicted octanol–water partition coefficient (Wildman–Crippen LogP) is 5.38. The fraction of sp³-hybridized carbons (Fsp3) is 0.417. The minimum absolute atomic E-state index is 0.0289. The van der Waals surface area contributed by atoms with E-state index in [1.165, 1.54) is 0 Å². The van der Waals surface area contributed by atoms with Gasteiger partial charge in [0.25, 0.3) is 11.8 Å². The Morgan fingerprint density at radius 2 is 1.55 bits per heavy atom. The Kier molecular flexibility index (Phi) is 9.22. The molecule has 0 aliphatic rings. The van der Waals surface area contributed by atoms with Crippen molar-refractivity contribution in [2.45, 2.75) is 46.5 Å². The van der Waals surface area contributed by atoms with E-state index in [2.05, 4.69) is 26.1 Å². The molecule has 1 N–H and O–H groups in total. The molecule has 0 aliphatic heterocycles. The molecule has 0 saturated carbocycles. The number of unbranched alkanes of at least 4 members (excludes halogenated alkanes) is 1. The van der Waals surface area contributed by atoms with Crippen molar-refractivity contribution < 1.29 is 14.3 Å². The smallest absolute Gasteiger partial charge is 0.259 e. The van der Waals surface area contributed by atoms with Gasteiger partial charge in [-0.2, -0.15) is 0 Å². The van der Waals surface area contributed by atoms with Crippen LogP contribution in [0.1, 0.15) is 67.2 Å². The predicted molar refractivity (Wildman–Crippen MR) is 118 cm³/mol. The molecule has 29 heavy (non-hydrogen) atoms. The number of nitrogens with one attached hydrogen (secondary N) is 1. The van der Waals surface area contributed by atoms with Crippen LogP contribution < -0.4 is 10.1 Å². The van der Waals surface area contributed by atoms with E-state index in [4.69, 9.17) is 4.74 Å². The molecule has 0 atom stereocenters. The minimum atomic E-state index is -0.227. The fourth-order valence-corrected chi connectivity index (χ4v) is 3.04. The Labute approximate surface area is 174 Å². The zero-order chi connectivity index (χ0) is 21.1. The summed E-state index contributed by atoms with van der Waals surface area (Å²) in [4.78, 5) is 27.2. The molecule has 0 unspecified atom stereocenters. The molecule has 0 fully saturated rings. The van der Waals surface area contributed by atoms with Gasteiger partial charge < -0.3 is 15.0 Å². The lowest BCUT2D eigenvalue weighted by molar-refractivity contribution is 0.0755. The van der Waals surface area contributed by atoms with E-state index in [0.29, 0.717) is 29.2 Å². The van der Waals surface area contributed by atoms with Gasteiger partial charge >= 0.3 is 0 Å². The lowest BCUT2D eigenvalue weighted by Crippen LogP contribution is -2.32. The van der Waals surface area contributed by atoms with Crippen molar-refractivity contribution in [2.75, 3.05) is 25.0 Å². The van der Waals surface area contributed by atoms with Crippen molar-refractivity contribution in [3.8, 4) is 5.75 Å². The van der Waals surface area contributed by atoms with Gasteiger partial charge in [-0.25, -0.2) is 0 Å². The van der Waals surface area contributed by atoms with Crippen molar-refractivity contribution in [1.29, 1.82) is 0 Å². The van der Waals surface area contributed by atoms with E-state index in [9.17, 15) is 9.59 Å². The van der Waals surface area contributed by atoms with Crippen molar-refractivity contribution in [1.82, 2.24) is 4.90 Å². The van der Waals surface area contributed by atoms with Crippen LogP contribution in [0.2, 0.25) is 0 Å². The highest BCUT2D eigenvalue weighted by Gasteiger charge is 2.15. The number of hydrogen-bond donors (Lipinski definition) is 1. The number of carbonyl (C=O) groups excluding carboxylic acids is 2. The van der Waals surface area contributed by atoms with Crippen LogP contribution in [0.25, 0.3) is 0 Å². The minimum Gasteiger partial charge on any atom is -0.493 e. The van der Waals surface area contributed by atoms with Gasteiger partial charge in [0.1, 0.15) is 5.75 Å². The number of nitrogens with zero attached hydrogens (tertiary/aromatic N) is 1. The molecule has 2 amide bonds. The number of ether oxygens (including phenoxy) is 1. The first-order chi connectivity index (χ1) is 14.1. The van der Waals surface area contributed by atoms with Gasteiger partial charge in [-0.15, -0.1) is 0 Å². The number of amides is 2. The SMILES string of the molecule is CCCCOc1ccccc1C(=O)Nc1ccc(C(=O)N(CCC)CCC)cc1. The number of hydrogen-bond acceptors (Lipinski definition) is 3. The molecule has 2 aromatic rings. The van der Waals surface area contributed by atoms with Crippen LogP contribution in [0.15, 0.2) is 48.5 Å². The molecule has 5 nitrogen and oxygen atoms in total. The molecular formula is C24H32N2O3. The monoisotopic (exact) mass is 396 g/mol. The molecule has 5 heteroatoms. The number of anilines is 1. The molecule has 0 heterocycles. The summed E-state index contributed by atoms with van der Waals surface area (Å²) >= 11 is 0. The molecular weight excluding hydrogens is 364 g/mol. The summed E-state index contributed by atoms with van der Waals surface area (Å²) in [5.41, 5.74) is 1.78. The Hall–Kier alpha value is -2.82. The summed E-state index contributed by atoms with van der Waals surface area (Å²) in [5.74, 6) is 0.385. The maximum absolute atomic E-state index is 12.7. The Morgan fingerprint density at radius 3 is 2.17 bits per heavy atom. The van der Waals surface area contributed by atoms with Crippen LogP contribution in [0.5, 0.6) is 5.75 Å². The second-order valence-corrected chi connectivity index (χ2v) is 7.02. The third kappa shape index (κ3) is 6.63. The second kappa shape index (κ2) is 11.9. The van der Waals surface area contributed by atoms with E-state index >= 15 is 0 Å². The van der Waals surface area contributed by atoms with E-state index in [1.54, 1.807) is 30.3 Å². The highest BCUT2D eigenvalue weighted by molar-refractivity contribution is 6.06. The molecule has 2 rings (SSSR count). The highest BCUT2D eigenvalue weighted by Crippen LogP contribution is 2.20. The summed E-state index contributed by atoms with van der Waals surface area (Å²) in [6.07, 6.45) is 3.84. The molecule has 0 bridgehead atoms. The van der Waals surface area contributed by atoms with Gasteiger partial charge in [0.15, 0.2) is 0 Å². The molecule has 0 spiro atoms.